The third-order valence-corrected chi connectivity index (χ3v) is 4.64. The largest absolute Gasteiger partial charge is 0.298 e. The van der Waals surface area contributed by atoms with E-state index in [-0.39, 0.29) is 11.1 Å². The number of hydrogen-bond acceptors (Lipinski definition) is 4. The zero-order valence-electron chi connectivity index (χ0n) is 13.1. The summed E-state index contributed by atoms with van der Waals surface area (Å²) < 4.78 is 0. The molecule has 0 N–H and O–H groups in total. The topological polar surface area (TPSA) is 54.5 Å². The van der Waals surface area contributed by atoms with Crippen LogP contribution in [0, 0.1) is 0 Å². The quantitative estimate of drug-likeness (QED) is 0.616. The molecule has 0 saturated carbocycles. The van der Waals surface area contributed by atoms with E-state index in [0.29, 0.717) is 16.2 Å². The molecule has 1 saturated heterocycles. The van der Waals surface area contributed by atoms with Gasteiger partial charge in [-0.05, 0) is 47.5 Å². The first-order valence-corrected chi connectivity index (χ1v) is 8.36. The zero-order chi connectivity index (χ0) is 17.1. The van der Waals surface area contributed by atoms with E-state index in [1.54, 1.807) is 42.5 Å². The van der Waals surface area contributed by atoms with Crippen LogP contribution < -0.4 is 4.90 Å². The molecule has 0 bridgehead atoms. The van der Waals surface area contributed by atoms with Crippen LogP contribution in [0.3, 0.4) is 0 Å². The lowest BCUT2D eigenvalue weighted by atomic mass is 10.1. The van der Waals surface area contributed by atoms with Crippen molar-refractivity contribution in [2.24, 2.45) is 0 Å². The van der Waals surface area contributed by atoms with E-state index in [0.717, 1.165) is 35.6 Å². The molecule has 2 aromatic rings. The Morgan fingerprint density at radius 3 is 2.17 bits per heavy atom. The maximum atomic E-state index is 12.6. The molecule has 0 aliphatic carbocycles. The summed E-state index contributed by atoms with van der Waals surface area (Å²) in [4.78, 5) is 37.0. The number of aldehydes is 1. The summed E-state index contributed by atoms with van der Waals surface area (Å²) in [5.74, 6) is -0.325. The molecule has 1 aliphatic rings. The van der Waals surface area contributed by atoms with Gasteiger partial charge in [0.15, 0.2) is 0 Å². The van der Waals surface area contributed by atoms with Crippen LogP contribution in [0.4, 0.5) is 10.5 Å². The minimum absolute atomic E-state index is 0.306. The third-order valence-electron chi connectivity index (χ3n) is 3.77. The Morgan fingerprint density at radius 1 is 0.958 bits per heavy atom. The van der Waals surface area contributed by atoms with Crippen LogP contribution in [0.1, 0.15) is 28.4 Å². The fourth-order valence-electron chi connectivity index (χ4n) is 2.39. The van der Waals surface area contributed by atoms with Crippen molar-refractivity contribution in [2.45, 2.75) is 13.3 Å². The van der Waals surface area contributed by atoms with E-state index >= 15 is 0 Å². The fourth-order valence-corrected chi connectivity index (χ4v) is 3.23. The minimum Gasteiger partial charge on any atom is -0.298 e. The summed E-state index contributed by atoms with van der Waals surface area (Å²) >= 11 is 0.920. The molecule has 3 rings (SSSR count). The average molecular weight is 337 g/mol. The van der Waals surface area contributed by atoms with Gasteiger partial charge in [-0.2, -0.15) is 0 Å². The van der Waals surface area contributed by atoms with Crippen molar-refractivity contribution in [1.82, 2.24) is 0 Å². The Labute approximate surface area is 144 Å². The molecule has 2 amide bonds. The van der Waals surface area contributed by atoms with Crippen LogP contribution in [-0.4, -0.2) is 17.4 Å². The Morgan fingerprint density at radius 2 is 1.58 bits per heavy atom. The highest BCUT2D eigenvalue weighted by Crippen LogP contribution is 2.35. The summed E-state index contributed by atoms with van der Waals surface area (Å²) in [6.45, 7) is 2.05. The lowest BCUT2D eigenvalue weighted by molar-refractivity contribution is -0.113. The number of aryl methyl sites for hydroxylation is 1. The number of hydrogen-bond donors (Lipinski definition) is 0. The first-order valence-electron chi connectivity index (χ1n) is 7.54. The molecule has 5 heteroatoms. The molecule has 24 heavy (non-hydrogen) atoms. The maximum Gasteiger partial charge on any atom is 0.298 e. The number of rotatable bonds is 4. The van der Waals surface area contributed by atoms with E-state index in [1.807, 2.05) is 19.1 Å². The van der Waals surface area contributed by atoms with Crippen molar-refractivity contribution in [3.05, 3.63) is 70.1 Å². The molecule has 1 fully saturated rings. The Hall–Kier alpha value is -2.66. The molecule has 0 atom stereocenters. The summed E-state index contributed by atoms with van der Waals surface area (Å²) in [5.41, 5.74) is 3.06. The van der Waals surface area contributed by atoms with Crippen molar-refractivity contribution in [2.75, 3.05) is 4.90 Å². The SMILES string of the molecule is CCc1ccc(N2C(=O)SC(=Cc3ccc(C=O)cc3)C2=O)cc1. The maximum absolute atomic E-state index is 12.6. The number of benzene rings is 2. The van der Waals surface area contributed by atoms with Crippen LogP contribution in [0.2, 0.25) is 0 Å². The summed E-state index contributed by atoms with van der Waals surface area (Å²) in [6, 6.07) is 14.2. The molecule has 120 valence electrons. The highest BCUT2D eigenvalue weighted by Gasteiger charge is 2.36. The number of carbonyl (C=O) groups excluding carboxylic acids is 3. The molecular formula is C19H15NO3S. The number of carbonyl (C=O) groups is 3. The second-order valence-electron chi connectivity index (χ2n) is 5.32. The standard InChI is InChI=1S/C19H15NO3S/c1-2-13-7-9-16(10-8-13)20-18(22)17(24-19(20)23)11-14-3-5-15(12-21)6-4-14/h3-12H,2H2,1H3. The Balaban J connectivity index is 1.87. The highest BCUT2D eigenvalue weighted by atomic mass is 32.2. The molecule has 4 nitrogen and oxygen atoms in total. The average Bonchev–Trinajstić information content (AvgIpc) is 2.89. The third kappa shape index (κ3) is 3.16. The number of imide groups is 1. The molecule has 1 aliphatic heterocycles. The van der Waals surface area contributed by atoms with Crippen molar-refractivity contribution in [1.29, 1.82) is 0 Å². The lowest BCUT2D eigenvalue weighted by Crippen LogP contribution is -2.27. The molecule has 1 heterocycles. The van der Waals surface area contributed by atoms with Gasteiger partial charge in [-0.15, -0.1) is 0 Å². The predicted octanol–water partition coefficient (Wildman–Crippen LogP) is 4.30. The predicted molar refractivity (Wildman–Crippen MR) is 96.1 cm³/mol. The Bertz CT molecular complexity index is 823. The second kappa shape index (κ2) is 6.84. The monoisotopic (exact) mass is 337 g/mol. The molecule has 0 unspecified atom stereocenters. The van der Waals surface area contributed by atoms with E-state index < -0.39 is 0 Å². The second-order valence-corrected chi connectivity index (χ2v) is 6.31. The van der Waals surface area contributed by atoms with Crippen LogP contribution >= 0.6 is 11.8 Å². The minimum atomic E-state index is -0.325. The van der Waals surface area contributed by atoms with Gasteiger partial charge in [-0.3, -0.25) is 14.4 Å². The van der Waals surface area contributed by atoms with Gasteiger partial charge >= 0.3 is 0 Å². The summed E-state index contributed by atoms with van der Waals surface area (Å²) in [5, 5.41) is -0.306. The molecule has 0 aromatic heterocycles. The van der Waals surface area contributed by atoms with Crippen LogP contribution in [0.25, 0.3) is 6.08 Å². The normalized spacial score (nSPS) is 16.0. The molecular weight excluding hydrogens is 322 g/mol. The number of nitrogens with zero attached hydrogens (tertiary/aromatic N) is 1. The van der Waals surface area contributed by atoms with Gasteiger partial charge in [0.1, 0.15) is 6.29 Å². The highest BCUT2D eigenvalue weighted by molar-refractivity contribution is 8.19. The van der Waals surface area contributed by atoms with Crippen molar-refractivity contribution in [3.63, 3.8) is 0 Å². The number of anilines is 1. The lowest BCUT2D eigenvalue weighted by Gasteiger charge is -2.12. The van der Waals surface area contributed by atoms with Gasteiger partial charge in [0.25, 0.3) is 11.1 Å². The molecule has 0 spiro atoms. The van der Waals surface area contributed by atoms with Gasteiger partial charge in [-0.1, -0.05) is 43.3 Å². The van der Waals surface area contributed by atoms with E-state index in [9.17, 15) is 14.4 Å². The summed E-state index contributed by atoms with van der Waals surface area (Å²) in [6.07, 6.45) is 3.33. The zero-order valence-corrected chi connectivity index (χ0v) is 13.9. The van der Waals surface area contributed by atoms with Crippen molar-refractivity contribution >= 4 is 41.0 Å². The van der Waals surface area contributed by atoms with Crippen molar-refractivity contribution < 1.29 is 14.4 Å². The number of thioether (sulfide) groups is 1. The fraction of sp³-hybridized carbons (Fsp3) is 0.105. The van der Waals surface area contributed by atoms with E-state index in [4.69, 9.17) is 0 Å². The van der Waals surface area contributed by atoms with E-state index in [2.05, 4.69) is 0 Å². The first kappa shape index (κ1) is 16.2. The smallest absolute Gasteiger partial charge is 0.298 e. The van der Waals surface area contributed by atoms with Crippen LogP contribution in [0.15, 0.2) is 53.4 Å². The molecule has 2 aromatic carbocycles. The first-order chi connectivity index (χ1) is 11.6. The molecule has 0 radical (unpaired) electrons. The van der Waals surface area contributed by atoms with Gasteiger partial charge in [0.2, 0.25) is 0 Å². The van der Waals surface area contributed by atoms with Crippen LogP contribution in [-0.2, 0) is 11.2 Å². The summed E-state index contributed by atoms with van der Waals surface area (Å²) in [7, 11) is 0. The number of amides is 2. The van der Waals surface area contributed by atoms with Gasteiger partial charge < -0.3 is 0 Å². The van der Waals surface area contributed by atoms with Gasteiger partial charge in [0.05, 0.1) is 10.6 Å². The van der Waals surface area contributed by atoms with Gasteiger partial charge in [0, 0.05) is 5.56 Å². The van der Waals surface area contributed by atoms with Crippen molar-refractivity contribution in [3.8, 4) is 0 Å². The van der Waals surface area contributed by atoms with Crippen LogP contribution in [0.5, 0.6) is 0 Å². The van der Waals surface area contributed by atoms with Gasteiger partial charge in [-0.25, -0.2) is 4.90 Å². The van der Waals surface area contributed by atoms with E-state index in [1.165, 1.54) is 4.90 Å². The Kier molecular flexibility index (Phi) is 4.62.